The minimum absolute atomic E-state index is 0.937. The number of nitrogens with zero attached hydrogens (tertiary/aromatic N) is 1. The van der Waals surface area contributed by atoms with Crippen molar-refractivity contribution < 1.29 is 0 Å². The van der Waals surface area contributed by atoms with E-state index in [0.29, 0.717) is 0 Å². The first-order chi connectivity index (χ1) is 9.28. The number of benzene rings is 1. The molecule has 2 fully saturated rings. The molecule has 104 valence electrons. The number of fused-ring (bicyclic) bond motifs is 1. The first-order valence-electron chi connectivity index (χ1n) is 7.37. The number of rotatable bonds is 2. The quantitative estimate of drug-likeness (QED) is 0.618. The summed E-state index contributed by atoms with van der Waals surface area (Å²) in [6.45, 7) is 2.51. The van der Waals surface area contributed by atoms with Gasteiger partial charge in [0.1, 0.15) is 0 Å². The van der Waals surface area contributed by atoms with E-state index in [1.54, 1.807) is 0 Å². The Morgan fingerprint density at radius 2 is 1.89 bits per heavy atom. The van der Waals surface area contributed by atoms with Gasteiger partial charge in [-0.1, -0.05) is 51.1 Å². The Balaban J connectivity index is 1.79. The lowest BCUT2D eigenvalue weighted by atomic mass is 9.75. The second-order valence-electron chi connectivity index (χ2n) is 5.95. The van der Waals surface area contributed by atoms with Gasteiger partial charge in [-0.3, -0.25) is 0 Å². The molecule has 2 aliphatic rings. The van der Waals surface area contributed by atoms with Crippen LogP contribution >= 0.6 is 31.9 Å². The zero-order valence-electron chi connectivity index (χ0n) is 11.2. The maximum atomic E-state index is 3.63. The zero-order valence-corrected chi connectivity index (χ0v) is 14.4. The number of hydrogen-bond donors (Lipinski definition) is 0. The summed E-state index contributed by atoms with van der Waals surface area (Å²) in [5.74, 6) is 1.95. The fraction of sp³-hybridized carbons (Fsp3) is 0.625. The first-order valence-corrected chi connectivity index (χ1v) is 9.28. The summed E-state index contributed by atoms with van der Waals surface area (Å²) < 4.78 is 1.18. The molecule has 1 aliphatic carbocycles. The largest absolute Gasteiger partial charge is 0.371 e. The molecule has 2 unspecified atom stereocenters. The molecule has 0 radical (unpaired) electrons. The van der Waals surface area contributed by atoms with Crippen LogP contribution in [0, 0.1) is 11.8 Å². The average Bonchev–Trinajstić information content (AvgIpc) is 2.46. The van der Waals surface area contributed by atoms with Gasteiger partial charge in [0.15, 0.2) is 0 Å². The van der Waals surface area contributed by atoms with Crippen molar-refractivity contribution in [1.82, 2.24) is 0 Å². The molecule has 0 amide bonds. The molecule has 19 heavy (non-hydrogen) atoms. The van der Waals surface area contributed by atoms with Crippen molar-refractivity contribution in [1.29, 1.82) is 0 Å². The molecule has 3 heteroatoms. The van der Waals surface area contributed by atoms with Gasteiger partial charge in [-0.2, -0.15) is 0 Å². The van der Waals surface area contributed by atoms with E-state index in [4.69, 9.17) is 0 Å². The molecule has 1 saturated carbocycles. The zero-order chi connectivity index (χ0) is 13.2. The lowest BCUT2D eigenvalue weighted by molar-refractivity contribution is 0.202. The van der Waals surface area contributed by atoms with Crippen molar-refractivity contribution in [3.8, 4) is 0 Å². The summed E-state index contributed by atoms with van der Waals surface area (Å²) in [6, 6.07) is 6.70. The molecule has 1 aromatic rings. The third kappa shape index (κ3) is 3.02. The fourth-order valence-corrected chi connectivity index (χ4v) is 4.65. The highest BCUT2D eigenvalue weighted by molar-refractivity contribution is 9.10. The maximum absolute atomic E-state index is 3.63. The van der Waals surface area contributed by atoms with Crippen LogP contribution in [0.15, 0.2) is 22.7 Å². The third-order valence-electron chi connectivity index (χ3n) is 4.82. The van der Waals surface area contributed by atoms with Crippen LogP contribution < -0.4 is 4.90 Å². The van der Waals surface area contributed by atoms with E-state index in [1.165, 1.54) is 60.9 Å². The number of anilines is 1. The molecular weight excluding hydrogens is 366 g/mol. The maximum Gasteiger partial charge on any atom is 0.0408 e. The Kier molecular flexibility index (Phi) is 4.53. The smallest absolute Gasteiger partial charge is 0.0408 e. The van der Waals surface area contributed by atoms with E-state index in [0.717, 1.165) is 17.2 Å². The van der Waals surface area contributed by atoms with Crippen LogP contribution in [0.2, 0.25) is 0 Å². The van der Waals surface area contributed by atoms with Crippen LogP contribution in [-0.4, -0.2) is 13.1 Å². The van der Waals surface area contributed by atoms with Crippen LogP contribution in [-0.2, 0) is 5.33 Å². The van der Waals surface area contributed by atoms with Gasteiger partial charge in [0.05, 0.1) is 0 Å². The van der Waals surface area contributed by atoms with Crippen molar-refractivity contribution in [3.05, 3.63) is 28.2 Å². The molecule has 1 heterocycles. The summed E-state index contributed by atoms with van der Waals surface area (Å²) in [5.41, 5.74) is 2.84. The lowest BCUT2D eigenvalue weighted by Gasteiger charge is -2.42. The highest BCUT2D eigenvalue weighted by Crippen LogP contribution is 2.38. The highest BCUT2D eigenvalue weighted by atomic mass is 79.9. The second kappa shape index (κ2) is 6.17. The molecule has 0 aromatic heterocycles. The number of hydrogen-bond acceptors (Lipinski definition) is 1. The van der Waals surface area contributed by atoms with Gasteiger partial charge in [0, 0.05) is 28.6 Å². The van der Waals surface area contributed by atoms with Crippen LogP contribution in [0.5, 0.6) is 0 Å². The van der Waals surface area contributed by atoms with E-state index in [2.05, 4.69) is 55.0 Å². The van der Waals surface area contributed by atoms with Gasteiger partial charge in [0.25, 0.3) is 0 Å². The summed E-state index contributed by atoms with van der Waals surface area (Å²) in [7, 11) is 0. The molecule has 1 saturated heterocycles. The average molecular weight is 387 g/mol. The Morgan fingerprint density at radius 3 is 2.68 bits per heavy atom. The van der Waals surface area contributed by atoms with Crippen molar-refractivity contribution in [2.24, 2.45) is 11.8 Å². The third-order valence-corrected chi connectivity index (χ3v) is 5.91. The Morgan fingerprint density at radius 1 is 1.11 bits per heavy atom. The monoisotopic (exact) mass is 385 g/mol. The van der Waals surface area contributed by atoms with Crippen LogP contribution in [0.1, 0.15) is 37.7 Å². The van der Waals surface area contributed by atoms with E-state index in [9.17, 15) is 0 Å². The fourth-order valence-electron chi connectivity index (χ4n) is 3.79. The molecule has 0 bridgehead atoms. The summed E-state index contributed by atoms with van der Waals surface area (Å²) >= 11 is 7.21. The predicted molar refractivity (Wildman–Crippen MR) is 89.1 cm³/mol. The molecule has 1 aromatic carbocycles. The number of halogens is 2. The molecule has 0 spiro atoms. The van der Waals surface area contributed by atoms with Gasteiger partial charge >= 0.3 is 0 Å². The molecule has 1 aliphatic heterocycles. The van der Waals surface area contributed by atoms with E-state index in [-0.39, 0.29) is 0 Å². The van der Waals surface area contributed by atoms with Crippen molar-refractivity contribution in [3.63, 3.8) is 0 Å². The highest BCUT2D eigenvalue weighted by Gasteiger charge is 2.31. The van der Waals surface area contributed by atoms with Crippen molar-refractivity contribution in [2.75, 3.05) is 18.0 Å². The van der Waals surface area contributed by atoms with Crippen LogP contribution in [0.25, 0.3) is 0 Å². The van der Waals surface area contributed by atoms with E-state index in [1.807, 2.05) is 0 Å². The number of piperidine rings is 1. The standard InChI is InChI=1S/C16H21Br2N/c17-10-14-9-15(18)5-6-16(14)19-8-7-12-3-1-2-4-13(12)11-19/h5-6,9,12-13H,1-4,7-8,10-11H2. The molecule has 1 nitrogen and oxygen atoms in total. The second-order valence-corrected chi connectivity index (χ2v) is 7.42. The van der Waals surface area contributed by atoms with E-state index >= 15 is 0 Å². The summed E-state index contributed by atoms with van der Waals surface area (Å²) in [6.07, 6.45) is 7.22. The van der Waals surface area contributed by atoms with Gasteiger partial charge in [0.2, 0.25) is 0 Å². The summed E-state index contributed by atoms with van der Waals surface area (Å²) in [5, 5.41) is 0.937. The Hall–Kier alpha value is -0.0200. The summed E-state index contributed by atoms with van der Waals surface area (Å²) in [4.78, 5) is 2.62. The molecular formula is C16H21Br2N. The predicted octanol–water partition coefficient (Wildman–Crippen LogP) is 5.36. The Labute approximate surface area is 133 Å². The van der Waals surface area contributed by atoms with Gasteiger partial charge < -0.3 is 4.90 Å². The van der Waals surface area contributed by atoms with Gasteiger partial charge in [-0.15, -0.1) is 0 Å². The number of alkyl halides is 1. The van der Waals surface area contributed by atoms with E-state index < -0.39 is 0 Å². The topological polar surface area (TPSA) is 3.24 Å². The van der Waals surface area contributed by atoms with Crippen molar-refractivity contribution in [2.45, 2.75) is 37.4 Å². The van der Waals surface area contributed by atoms with Crippen LogP contribution in [0.3, 0.4) is 0 Å². The Bertz CT molecular complexity index is 446. The van der Waals surface area contributed by atoms with Crippen LogP contribution in [0.4, 0.5) is 5.69 Å². The minimum Gasteiger partial charge on any atom is -0.371 e. The van der Waals surface area contributed by atoms with Gasteiger partial charge in [-0.25, -0.2) is 0 Å². The van der Waals surface area contributed by atoms with Gasteiger partial charge in [-0.05, 0) is 48.4 Å². The molecule has 0 N–H and O–H groups in total. The normalized spacial score (nSPS) is 27.2. The minimum atomic E-state index is 0.937. The molecule has 3 rings (SSSR count). The molecule has 2 atom stereocenters. The van der Waals surface area contributed by atoms with Crippen molar-refractivity contribution >= 4 is 37.5 Å². The first kappa shape index (κ1) is 13.9. The SMILES string of the molecule is BrCc1cc(Br)ccc1N1CCC2CCCCC2C1. The lowest BCUT2D eigenvalue weighted by Crippen LogP contribution is -2.42.